The number of aryl methyl sites for hydroxylation is 1. The van der Waals surface area contributed by atoms with Gasteiger partial charge in [-0.3, -0.25) is 0 Å². The zero-order valence-corrected chi connectivity index (χ0v) is 10.9. The summed E-state index contributed by atoms with van der Waals surface area (Å²) in [6.07, 6.45) is 0. The fraction of sp³-hybridized carbons (Fsp3) is 0.0667. The molecule has 0 heterocycles. The molecule has 0 aliphatic carbocycles. The summed E-state index contributed by atoms with van der Waals surface area (Å²) < 4.78 is 0. The van der Waals surface area contributed by atoms with Crippen molar-refractivity contribution in [2.24, 2.45) is 0 Å². The summed E-state index contributed by atoms with van der Waals surface area (Å²) >= 11 is 0. The van der Waals surface area contributed by atoms with Crippen molar-refractivity contribution in [1.29, 1.82) is 0 Å². The van der Waals surface area contributed by atoms with E-state index in [-0.39, 0.29) is 21.7 Å². The molecular weight excluding hydrogens is 228 g/mol. The third kappa shape index (κ3) is 3.48. The van der Waals surface area contributed by atoms with Crippen LogP contribution in [0.2, 0.25) is 0 Å². The van der Waals surface area contributed by atoms with Crippen molar-refractivity contribution < 1.29 is 21.7 Å². The standard InChI is InChI=1S/C9H7.C6H7.Ti/c1-2-5-9-7-3-6-8(9)4-1;1-6-4-2-3-5-6;/h1-7H;2-5H,1H3;/q2*-1;+2. The van der Waals surface area contributed by atoms with E-state index in [9.17, 15) is 0 Å². The number of hydrogen-bond donors (Lipinski definition) is 0. The van der Waals surface area contributed by atoms with E-state index in [0.29, 0.717) is 0 Å². The third-order valence-electron chi connectivity index (χ3n) is 2.38. The average Bonchev–Trinajstić information content (AvgIpc) is 2.88. The van der Waals surface area contributed by atoms with Gasteiger partial charge in [-0.15, -0.1) is 29.7 Å². The van der Waals surface area contributed by atoms with Crippen LogP contribution in [0, 0.1) is 6.92 Å². The van der Waals surface area contributed by atoms with Gasteiger partial charge in [-0.1, -0.05) is 13.0 Å². The van der Waals surface area contributed by atoms with E-state index in [1.54, 1.807) is 0 Å². The van der Waals surface area contributed by atoms with Gasteiger partial charge in [0, 0.05) is 0 Å². The monoisotopic (exact) mass is 242 g/mol. The average molecular weight is 242 g/mol. The normalized spacial score (nSPS) is 9.06. The smallest absolute Gasteiger partial charge is 0.211 e. The molecule has 3 rings (SSSR count). The fourth-order valence-electron chi connectivity index (χ4n) is 1.54. The molecule has 78 valence electrons. The summed E-state index contributed by atoms with van der Waals surface area (Å²) in [5.74, 6) is 0. The minimum Gasteiger partial charge on any atom is -0.211 e. The topological polar surface area (TPSA) is 0 Å². The van der Waals surface area contributed by atoms with Crippen LogP contribution >= 0.6 is 0 Å². The molecule has 0 saturated heterocycles. The van der Waals surface area contributed by atoms with Crippen LogP contribution in [0.3, 0.4) is 0 Å². The molecule has 0 spiro atoms. The Balaban J connectivity index is 0.000000162. The van der Waals surface area contributed by atoms with Crippen molar-refractivity contribution in [2.75, 3.05) is 0 Å². The van der Waals surface area contributed by atoms with Crippen LogP contribution in [0.25, 0.3) is 10.8 Å². The Bertz CT molecular complexity index is 473. The van der Waals surface area contributed by atoms with Crippen molar-refractivity contribution in [3.8, 4) is 0 Å². The molecule has 0 unspecified atom stereocenters. The second-order valence-corrected chi connectivity index (χ2v) is 3.62. The Hall–Kier alpha value is -1.11. The summed E-state index contributed by atoms with van der Waals surface area (Å²) in [5, 5.41) is 2.66. The zero-order valence-electron chi connectivity index (χ0n) is 9.35. The van der Waals surface area contributed by atoms with Gasteiger partial charge in [-0.2, -0.15) is 35.7 Å². The van der Waals surface area contributed by atoms with Gasteiger partial charge < -0.3 is 0 Å². The predicted molar refractivity (Wildman–Crippen MR) is 66.3 cm³/mol. The quantitative estimate of drug-likeness (QED) is 0.408. The molecule has 3 aromatic rings. The zero-order chi connectivity index (χ0) is 10.5. The number of hydrogen-bond acceptors (Lipinski definition) is 0. The van der Waals surface area contributed by atoms with E-state index >= 15 is 0 Å². The van der Waals surface area contributed by atoms with E-state index in [1.807, 2.05) is 12.1 Å². The third-order valence-corrected chi connectivity index (χ3v) is 2.38. The van der Waals surface area contributed by atoms with E-state index in [2.05, 4.69) is 61.5 Å². The van der Waals surface area contributed by atoms with Gasteiger partial charge in [-0.05, 0) is 0 Å². The molecule has 16 heavy (non-hydrogen) atoms. The maximum atomic E-state index is 2.12. The molecular formula is C15H14Ti. The van der Waals surface area contributed by atoms with Crippen LogP contribution in [0.15, 0.2) is 66.7 Å². The molecule has 0 saturated carbocycles. The molecule has 0 aliphatic rings. The van der Waals surface area contributed by atoms with Crippen molar-refractivity contribution >= 4 is 10.8 Å². The van der Waals surface area contributed by atoms with Gasteiger partial charge in [0.15, 0.2) is 0 Å². The van der Waals surface area contributed by atoms with Gasteiger partial charge in [0.05, 0.1) is 0 Å². The van der Waals surface area contributed by atoms with Gasteiger partial charge in [-0.25, -0.2) is 11.6 Å². The summed E-state index contributed by atoms with van der Waals surface area (Å²) in [6.45, 7) is 2.08. The van der Waals surface area contributed by atoms with E-state index < -0.39 is 0 Å². The van der Waals surface area contributed by atoms with Gasteiger partial charge in [0.25, 0.3) is 0 Å². The number of rotatable bonds is 0. The van der Waals surface area contributed by atoms with Crippen molar-refractivity contribution in [1.82, 2.24) is 0 Å². The summed E-state index contributed by atoms with van der Waals surface area (Å²) in [6, 6.07) is 22.9. The molecule has 0 radical (unpaired) electrons. The molecule has 1 heteroatoms. The Morgan fingerprint density at radius 1 is 0.938 bits per heavy atom. The Labute approximate surface area is 112 Å². The van der Waals surface area contributed by atoms with Gasteiger partial charge in [0.2, 0.25) is 0 Å². The van der Waals surface area contributed by atoms with E-state index in [0.717, 1.165) is 0 Å². The largest absolute Gasteiger partial charge is 2.00 e. The minimum absolute atomic E-state index is 0. The number of benzene rings is 1. The second kappa shape index (κ2) is 6.47. The Kier molecular flexibility index (Phi) is 5.24. The van der Waals surface area contributed by atoms with Crippen LogP contribution in [0.5, 0.6) is 0 Å². The van der Waals surface area contributed by atoms with Gasteiger partial charge >= 0.3 is 21.7 Å². The molecule has 3 aromatic carbocycles. The Morgan fingerprint density at radius 3 is 2.31 bits per heavy atom. The minimum atomic E-state index is 0. The van der Waals surface area contributed by atoms with Crippen molar-refractivity contribution in [2.45, 2.75) is 6.92 Å². The molecule has 0 nitrogen and oxygen atoms in total. The van der Waals surface area contributed by atoms with Crippen LogP contribution in [-0.4, -0.2) is 0 Å². The van der Waals surface area contributed by atoms with Crippen LogP contribution in [-0.2, 0) is 21.7 Å². The second-order valence-electron chi connectivity index (χ2n) is 3.62. The van der Waals surface area contributed by atoms with Crippen LogP contribution < -0.4 is 0 Å². The summed E-state index contributed by atoms with van der Waals surface area (Å²) in [7, 11) is 0. The fourth-order valence-corrected chi connectivity index (χ4v) is 1.54. The van der Waals surface area contributed by atoms with Crippen LogP contribution in [0.4, 0.5) is 0 Å². The molecule has 0 N–H and O–H groups in total. The Morgan fingerprint density at radius 2 is 1.75 bits per heavy atom. The molecule has 0 aromatic heterocycles. The first-order chi connectivity index (χ1) is 7.36. The molecule has 0 aliphatic heterocycles. The molecule has 0 bridgehead atoms. The molecule has 0 amide bonds. The van der Waals surface area contributed by atoms with Crippen molar-refractivity contribution in [3.05, 3.63) is 72.3 Å². The van der Waals surface area contributed by atoms with Crippen molar-refractivity contribution in [3.63, 3.8) is 0 Å². The molecule has 0 fully saturated rings. The summed E-state index contributed by atoms with van der Waals surface area (Å²) in [4.78, 5) is 0. The van der Waals surface area contributed by atoms with E-state index in [1.165, 1.54) is 16.3 Å². The van der Waals surface area contributed by atoms with Gasteiger partial charge in [0.1, 0.15) is 0 Å². The van der Waals surface area contributed by atoms with Crippen LogP contribution in [0.1, 0.15) is 5.56 Å². The predicted octanol–water partition coefficient (Wildman–Crippen LogP) is 4.27. The first-order valence-corrected chi connectivity index (χ1v) is 5.15. The maximum absolute atomic E-state index is 2.12. The van der Waals surface area contributed by atoms with E-state index in [4.69, 9.17) is 0 Å². The number of fused-ring (bicyclic) bond motifs is 1. The maximum Gasteiger partial charge on any atom is 2.00 e. The SMILES string of the molecule is Cc1cc[cH-]c1.[Ti+2].c1ccc2[cH-]ccc2c1. The first-order valence-electron chi connectivity index (χ1n) is 5.15. The summed E-state index contributed by atoms with van der Waals surface area (Å²) in [5.41, 5.74) is 1.34. The molecule has 0 atom stereocenters. The first kappa shape index (κ1) is 13.0.